The van der Waals surface area contributed by atoms with Crippen molar-refractivity contribution in [1.29, 1.82) is 0 Å². The second kappa shape index (κ2) is 11.6. The van der Waals surface area contributed by atoms with Crippen molar-refractivity contribution in [2.24, 2.45) is 11.8 Å². The zero-order chi connectivity index (χ0) is 14.6. The molecule has 0 aromatic rings. The molecule has 0 aliphatic heterocycles. The molecule has 1 aliphatic carbocycles. The van der Waals surface area contributed by atoms with Crippen molar-refractivity contribution >= 4 is 0 Å². The Morgan fingerprint density at radius 2 is 1.40 bits per heavy atom. The highest BCUT2D eigenvalue weighted by molar-refractivity contribution is 4.82. The molecule has 0 radical (unpaired) electrons. The summed E-state index contributed by atoms with van der Waals surface area (Å²) in [5.74, 6) is 1.79. The van der Waals surface area contributed by atoms with Crippen LogP contribution in [-0.2, 0) is 0 Å². The van der Waals surface area contributed by atoms with Gasteiger partial charge in [0.15, 0.2) is 0 Å². The molecule has 0 bridgehead atoms. The molecule has 0 aromatic heterocycles. The Balaban J connectivity index is 2.22. The van der Waals surface area contributed by atoms with Crippen molar-refractivity contribution in [1.82, 2.24) is 10.6 Å². The lowest BCUT2D eigenvalue weighted by Gasteiger charge is -2.31. The Bertz CT molecular complexity index is 205. The zero-order valence-corrected chi connectivity index (χ0v) is 14.2. The standard InChI is InChI=1S/C18H38N2/c1-4-5-6-7-8-9-10-15-17(18(19-2)20-3)16-13-11-12-14-16/h16-20H,4-15H2,1-3H3. The molecule has 1 aliphatic rings. The van der Waals surface area contributed by atoms with Crippen molar-refractivity contribution < 1.29 is 0 Å². The lowest BCUT2D eigenvalue weighted by atomic mass is 9.84. The van der Waals surface area contributed by atoms with E-state index in [1.807, 2.05) is 0 Å². The van der Waals surface area contributed by atoms with E-state index in [0.717, 1.165) is 11.8 Å². The van der Waals surface area contributed by atoms with E-state index in [1.54, 1.807) is 0 Å². The molecule has 0 spiro atoms. The van der Waals surface area contributed by atoms with E-state index in [1.165, 1.54) is 77.0 Å². The summed E-state index contributed by atoms with van der Waals surface area (Å²) in [6.07, 6.45) is 17.7. The van der Waals surface area contributed by atoms with E-state index < -0.39 is 0 Å². The van der Waals surface area contributed by atoms with Gasteiger partial charge in [-0.15, -0.1) is 0 Å². The molecule has 20 heavy (non-hydrogen) atoms. The molecule has 1 saturated carbocycles. The molecular weight excluding hydrogens is 244 g/mol. The normalized spacial score (nSPS) is 18.0. The Morgan fingerprint density at radius 1 is 0.850 bits per heavy atom. The van der Waals surface area contributed by atoms with Gasteiger partial charge >= 0.3 is 0 Å². The van der Waals surface area contributed by atoms with Gasteiger partial charge in [-0.05, 0) is 32.4 Å². The SMILES string of the molecule is CCCCCCCCCC(C1CCCC1)C(NC)NC. The molecular formula is C18H38N2. The van der Waals surface area contributed by atoms with E-state index in [2.05, 4.69) is 31.7 Å². The van der Waals surface area contributed by atoms with Crippen molar-refractivity contribution in [2.45, 2.75) is 90.1 Å². The summed E-state index contributed by atoms with van der Waals surface area (Å²) >= 11 is 0. The first-order valence-corrected chi connectivity index (χ1v) is 9.18. The third kappa shape index (κ3) is 6.58. The van der Waals surface area contributed by atoms with Crippen LogP contribution in [0.2, 0.25) is 0 Å². The zero-order valence-electron chi connectivity index (χ0n) is 14.2. The smallest absolute Gasteiger partial charge is 0.0598 e. The van der Waals surface area contributed by atoms with Crippen LogP contribution in [-0.4, -0.2) is 20.3 Å². The minimum absolute atomic E-state index is 0.512. The first kappa shape index (κ1) is 18.0. The fourth-order valence-corrected chi connectivity index (χ4v) is 3.97. The number of nitrogens with one attached hydrogen (secondary N) is 2. The summed E-state index contributed by atoms with van der Waals surface area (Å²) in [5, 5.41) is 6.97. The van der Waals surface area contributed by atoms with Gasteiger partial charge in [0.2, 0.25) is 0 Å². The molecule has 0 aromatic carbocycles. The highest BCUT2D eigenvalue weighted by atomic mass is 15.1. The second-order valence-corrected chi connectivity index (χ2v) is 6.67. The first-order chi connectivity index (χ1) is 9.83. The van der Waals surface area contributed by atoms with Crippen molar-refractivity contribution in [2.75, 3.05) is 14.1 Å². The maximum Gasteiger partial charge on any atom is 0.0598 e. The maximum atomic E-state index is 3.49. The van der Waals surface area contributed by atoms with Crippen molar-refractivity contribution in [3.8, 4) is 0 Å². The van der Waals surface area contributed by atoms with Gasteiger partial charge in [-0.1, -0.05) is 77.6 Å². The third-order valence-corrected chi connectivity index (χ3v) is 5.20. The monoisotopic (exact) mass is 282 g/mol. The van der Waals surface area contributed by atoms with Gasteiger partial charge < -0.3 is 10.6 Å². The molecule has 1 atom stereocenters. The number of hydrogen-bond donors (Lipinski definition) is 2. The minimum atomic E-state index is 0.512. The molecule has 2 heteroatoms. The molecule has 0 heterocycles. The van der Waals surface area contributed by atoms with Crippen LogP contribution in [0.3, 0.4) is 0 Å². The number of unbranched alkanes of at least 4 members (excludes halogenated alkanes) is 6. The predicted molar refractivity (Wildman–Crippen MR) is 90.0 cm³/mol. The molecule has 1 fully saturated rings. The maximum absolute atomic E-state index is 3.49. The largest absolute Gasteiger partial charge is 0.305 e. The highest BCUT2D eigenvalue weighted by Gasteiger charge is 2.29. The molecule has 120 valence electrons. The molecule has 1 rings (SSSR count). The number of hydrogen-bond acceptors (Lipinski definition) is 2. The van der Waals surface area contributed by atoms with E-state index in [0.29, 0.717) is 6.17 Å². The van der Waals surface area contributed by atoms with Gasteiger partial charge in [-0.2, -0.15) is 0 Å². The fraction of sp³-hybridized carbons (Fsp3) is 1.00. The Morgan fingerprint density at radius 3 is 1.95 bits per heavy atom. The van der Waals surface area contributed by atoms with E-state index in [-0.39, 0.29) is 0 Å². The average molecular weight is 283 g/mol. The van der Waals surface area contributed by atoms with Crippen LogP contribution in [0.15, 0.2) is 0 Å². The van der Waals surface area contributed by atoms with Crippen LogP contribution in [0.4, 0.5) is 0 Å². The van der Waals surface area contributed by atoms with Crippen LogP contribution in [0.25, 0.3) is 0 Å². The van der Waals surface area contributed by atoms with Gasteiger partial charge in [0.1, 0.15) is 0 Å². The summed E-state index contributed by atoms with van der Waals surface area (Å²) in [6, 6.07) is 0. The molecule has 0 saturated heterocycles. The number of rotatable bonds is 12. The Hall–Kier alpha value is -0.0800. The molecule has 2 N–H and O–H groups in total. The van der Waals surface area contributed by atoms with Gasteiger partial charge in [0.05, 0.1) is 6.17 Å². The summed E-state index contributed by atoms with van der Waals surface area (Å²) < 4.78 is 0. The summed E-state index contributed by atoms with van der Waals surface area (Å²) in [7, 11) is 4.21. The Labute approximate surface area is 127 Å². The third-order valence-electron chi connectivity index (χ3n) is 5.20. The fourth-order valence-electron chi connectivity index (χ4n) is 3.97. The van der Waals surface area contributed by atoms with Crippen LogP contribution in [0.5, 0.6) is 0 Å². The predicted octanol–water partition coefficient (Wildman–Crippen LogP) is 4.70. The molecule has 2 nitrogen and oxygen atoms in total. The molecule has 0 amide bonds. The lowest BCUT2D eigenvalue weighted by Crippen LogP contribution is -2.46. The molecule has 1 unspecified atom stereocenters. The average Bonchev–Trinajstić information content (AvgIpc) is 2.99. The van der Waals surface area contributed by atoms with E-state index in [9.17, 15) is 0 Å². The Kier molecular flexibility index (Phi) is 10.4. The highest BCUT2D eigenvalue weighted by Crippen LogP contribution is 2.35. The van der Waals surface area contributed by atoms with Crippen LogP contribution >= 0.6 is 0 Å². The van der Waals surface area contributed by atoms with E-state index in [4.69, 9.17) is 0 Å². The van der Waals surface area contributed by atoms with Gasteiger partial charge in [0, 0.05) is 0 Å². The second-order valence-electron chi connectivity index (χ2n) is 6.67. The lowest BCUT2D eigenvalue weighted by molar-refractivity contribution is 0.215. The van der Waals surface area contributed by atoms with E-state index >= 15 is 0 Å². The summed E-state index contributed by atoms with van der Waals surface area (Å²) in [6.45, 7) is 2.29. The van der Waals surface area contributed by atoms with Crippen molar-refractivity contribution in [3.63, 3.8) is 0 Å². The van der Waals surface area contributed by atoms with Crippen LogP contribution in [0, 0.1) is 11.8 Å². The van der Waals surface area contributed by atoms with Crippen molar-refractivity contribution in [3.05, 3.63) is 0 Å². The van der Waals surface area contributed by atoms with Gasteiger partial charge in [-0.3, -0.25) is 0 Å². The van der Waals surface area contributed by atoms with Crippen LogP contribution < -0.4 is 10.6 Å². The minimum Gasteiger partial charge on any atom is -0.305 e. The first-order valence-electron chi connectivity index (χ1n) is 9.18. The summed E-state index contributed by atoms with van der Waals surface area (Å²) in [4.78, 5) is 0. The summed E-state index contributed by atoms with van der Waals surface area (Å²) in [5.41, 5.74) is 0. The quantitative estimate of drug-likeness (QED) is 0.400. The van der Waals surface area contributed by atoms with Gasteiger partial charge in [0.25, 0.3) is 0 Å². The topological polar surface area (TPSA) is 24.1 Å². The van der Waals surface area contributed by atoms with Crippen LogP contribution in [0.1, 0.15) is 84.0 Å². The van der Waals surface area contributed by atoms with Gasteiger partial charge in [-0.25, -0.2) is 0 Å².